The van der Waals surface area contributed by atoms with E-state index in [1.54, 1.807) is 41.5 Å². The first-order chi connectivity index (χ1) is 10.7. The number of rotatable bonds is 4. The summed E-state index contributed by atoms with van der Waals surface area (Å²) in [6, 6.07) is 11.0. The third-order valence-electron chi connectivity index (χ3n) is 3.12. The summed E-state index contributed by atoms with van der Waals surface area (Å²) in [5.74, 6) is -0.131. The van der Waals surface area contributed by atoms with Crippen LogP contribution in [0.4, 0.5) is 4.39 Å². The molecule has 110 valence electrons. The van der Waals surface area contributed by atoms with Crippen molar-refractivity contribution in [2.24, 2.45) is 0 Å². The minimum Gasteiger partial charge on any atom is -0.348 e. The number of nitrogens with zero attached hydrogens (tertiary/aromatic N) is 3. The van der Waals surface area contributed by atoms with Gasteiger partial charge in [-0.3, -0.25) is 4.79 Å². The predicted octanol–water partition coefficient (Wildman–Crippen LogP) is 2.34. The Hall–Kier alpha value is -3.02. The number of benzene rings is 1. The summed E-state index contributed by atoms with van der Waals surface area (Å²) >= 11 is 0. The zero-order valence-electron chi connectivity index (χ0n) is 11.6. The number of amides is 1. The predicted molar refractivity (Wildman–Crippen MR) is 78.9 cm³/mol. The highest BCUT2D eigenvalue weighted by molar-refractivity contribution is 5.94. The molecule has 0 bridgehead atoms. The summed E-state index contributed by atoms with van der Waals surface area (Å²) < 4.78 is 14.8. The molecule has 0 spiro atoms. The van der Waals surface area contributed by atoms with Crippen LogP contribution in [0.3, 0.4) is 0 Å². The molecule has 1 aromatic carbocycles. The Kier molecular flexibility index (Phi) is 3.91. The van der Waals surface area contributed by atoms with Gasteiger partial charge in [-0.25, -0.2) is 14.1 Å². The van der Waals surface area contributed by atoms with Gasteiger partial charge in [-0.2, -0.15) is 5.10 Å². The Bertz CT molecular complexity index is 786. The van der Waals surface area contributed by atoms with Crippen LogP contribution in [0.5, 0.6) is 0 Å². The fraction of sp³-hybridized carbons (Fsp3) is 0.0625. The highest BCUT2D eigenvalue weighted by Crippen LogP contribution is 2.10. The lowest BCUT2D eigenvalue weighted by Gasteiger charge is -2.09. The third-order valence-corrected chi connectivity index (χ3v) is 3.12. The quantitative estimate of drug-likeness (QED) is 0.804. The van der Waals surface area contributed by atoms with E-state index < -0.39 is 5.82 Å². The second-order valence-corrected chi connectivity index (χ2v) is 4.63. The van der Waals surface area contributed by atoms with Crippen LogP contribution in [0.15, 0.2) is 61.1 Å². The van der Waals surface area contributed by atoms with Crippen molar-refractivity contribution in [1.29, 1.82) is 0 Å². The molecule has 0 saturated heterocycles. The zero-order valence-corrected chi connectivity index (χ0v) is 11.6. The van der Waals surface area contributed by atoms with Crippen molar-refractivity contribution in [2.75, 3.05) is 0 Å². The van der Waals surface area contributed by atoms with Gasteiger partial charge in [0.25, 0.3) is 5.91 Å². The molecule has 2 heterocycles. The molecule has 2 aromatic heterocycles. The summed E-state index contributed by atoms with van der Waals surface area (Å²) in [6.45, 7) is 0.276. The SMILES string of the molecule is O=C(NCc1cccnc1-n1cccn1)c1cccc(F)c1. The van der Waals surface area contributed by atoms with Crippen molar-refractivity contribution < 1.29 is 9.18 Å². The third kappa shape index (κ3) is 3.01. The van der Waals surface area contributed by atoms with Crippen LogP contribution in [0.2, 0.25) is 0 Å². The normalized spacial score (nSPS) is 10.4. The molecule has 1 amide bonds. The van der Waals surface area contributed by atoms with Crippen LogP contribution in [0, 0.1) is 5.82 Å². The van der Waals surface area contributed by atoms with Gasteiger partial charge in [-0.1, -0.05) is 12.1 Å². The average Bonchev–Trinajstić information content (AvgIpc) is 3.07. The fourth-order valence-corrected chi connectivity index (χ4v) is 2.08. The minimum atomic E-state index is -0.439. The number of carbonyl (C=O) groups excluding carboxylic acids is 1. The highest BCUT2D eigenvalue weighted by atomic mass is 19.1. The van der Waals surface area contributed by atoms with E-state index in [1.165, 1.54) is 18.2 Å². The second kappa shape index (κ2) is 6.17. The number of carbonyl (C=O) groups is 1. The van der Waals surface area contributed by atoms with Gasteiger partial charge >= 0.3 is 0 Å². The smallest absolute Gasteiger partial charge is 0.251 e. The van der Waals surface area contributed by atoms with Gasteiger partial charge in [-0.05, 0) is 30.3 Å². The Morgan fingerprint density at radius 3 is 2.86 bits per heavy atom. The van der Waals surface area contributed by atoms with Crippen molar-refractivity contribution in [2.45, 2.75) is 6.54 Å². The van der Waals surface area contributed by atoms with E-state index in [-0.39, 0.29) is 18.0 Å². The maximum Gasteiger partial charge on any atom is 0.251 e. The number of halogens is 1. The molecule has 6 heteroatoms. The summed E-state index contributed by atoms with van der Waals surface area (Å²) in [5, 5.41) is 6.89. The van der Waals surface area contributed by atoms with Gasteiger partial charge in [-0.15, -0.1) is 0 Å². The molecule has 3 aromatic rings. The number of pyridine rings is 1. The lowest BCUT2D eigenvalue weighted by Crippen LogP contribution is -2.24. The highest BCUT2D eigenvalue weighted by Gasteiger charge is 2.09. The molecule has 5 nitrogen and oxygen atoms in total. The first-order valence-corrected chi connectivity index (χ1v) is 6.72. The van der Waals surface area contributed by atoms with Gasteiger partial charge in [0.05, 0.1) is 0 Å². The van der Waals surface area contributed by atoms with Crippen molar-refractivity contribution in [3.8, 4) is 5.82 Å². The van der Waals surface area contributed by atoms with E-state index in [9.17, 15) is 9.18 Å². The monoisotopic (exact) mass is 296 g/mol. The minimum absolute atomic E-state index is 0.276. The number of nitrogens with one attached hydrogen (secondary N) is 1. The number of hydrogen-bond acceptors (Lipinski definition) is 3. The van der Waals surface area contributed by atoms with E-state index in [2.05, 4.69) is 15.4 Å². The van der Waals surface area contributed by atoms with E-state index in [0.29, 0.717) is 5.82 Å². The molecular weight excluding hydrogens is 283 g/mol. The number of aromatic nitrogens is 3. The maximum atomic E-state index is 13.1. The Morgan fingerprint density at radius 1 is 1.18 bits per heavy atom. The van der Waals surface area contributed by atoms with Crippen molar-refractivity contribution in [3.63, 3.8) is 0 Å². The van der Waals surface area contributed by atoms with E-state index in [4.69, 9.17) is 0 Å². The molecule has 0 aliphatic rings. The van der Waals surface area contributed by atoms with Crippen molar-refractivity contribution in [1.82, 2.24) is 20.1 Å². The lowest BCUT2D eigenvalue weighted by atomic mass is 10.2. The molecule has 3 rings (SSSR count). The Labute approximate surface area is 126 Å². The largest absolute Gasteiger partial charge is 0.348 e. The van der Waals surface area contributed by atoms with Gasteiger partial charge in [0, 0.05) is 36.3 Å². The van der Waals surface area contributed by atoms with Crippen molar-refractivity contribution >= 4 is 5.91 Å². The topological polar surface area (TPSA) is 59.8 Å². The van der Waals surface area contributed by atoms with Gasteiger partial charge in [0.2, 0.25) is 0 Å². The van der Waals surface area contributed by atoms with Gasteiger partial charge in [0.1, 0.15) is 5.82 Å². The summed E-state index contributed by atoms with van der Waals surface area (Å²) in [7, 11) is 0. The standard InChI is InChI=1S/C16H13FN4O/c17-14-6-1-4-12(10-14)16(22)19-11-13-5-2-7-18-15(13)21-9-3-8-20-21/h1-10H,11H2,(H,19,22). The average molecular weight is 296 g/mol. The van der Waals surface area contributed by atoms with E-state index in [0.717, 1.165) is 5.56 Å². The van der Waals surface area contributed by atoms with Crippen LogP contribution < -0.4 is 5.32 Å². The Balaban J connectivity index is 1.76. The van der Waals surface area contributed by atoms with Gasteiger partial charge in [0.15, 0.2) is 5.82 Å². The van der Waals surface area contributed by atoms with Crippen molar-refractivity contribution in [3.05, 3.63) is 78.0 Å². The molecule has 0 atom stereocenters. The summed E-state index contributed by atoms with van der Waals surface area (Å²) in [4.78, 5) is 16.3. The van der Waals surface area contributed by atoms with Crippen LogP contribution >= 0.6 is 0 Å². The molecule has 1 N–H and O–H groups in total. The molecule has 0 unspecified atom stereocenters. The molecular formula is C16H13FN4O. The summed E-state index contributed by atoms with van der Waals surface area (Å²) in [5.41, 5.74) is 1.10. The first kappa shape index (κ1) is 13.9. The van der Waals surface area contributed by atoms with Crippen LogP contribution in [-0.4, -0.2) is 20.7 Å². The summed E-state index contributed by atoms with van der Waals surface area (Å²) in [6.07, 6.45) is 5.10. The maximum absolute atomic E-state index is 13.1. The Morgan fingerprint density at radius 2 is 2.09 bits per heavy atom. The van der Waals surface area contributed by atoms with Gasteiger partial charge < -0.3 is 5.32 Å². The molecule has 22 heavy (non-hydrogen) atoms. The molecule has 0 aliphatic carbocycles. The lowest BCUT2D eigenvalue weighted by molar-refractivity contribution is 0.0950. The van der Waals surface area contributed by atoms with Crippen LogP contribution in [0.25, 0.3) is 5.82 Å². The fourth-order valence-electron chi connectivity index (χ4n) is 2.08. The second-order valence-electron chi connectivity index (χ2n) is 4.63. The molecule has 0 saturated carbocycles. The first-order valence-electron chi connectivity index (χ1n) is 6.72. The number of hydrogen-bond donors (Lipinski definition) is 1. The van der Waals surface area contributed by atoms with Crippen LogP contribution in [0.1, 0.15) is 15.9 Å². The van der Waals surface area contributed by atoms with E-state index >= 15 is 0 Å². The van der Waals surface area contributed by atoms with Crippen LogP contribution in [-0.2, 0) is 6.54 Å². The zero-order chi connectivity index (χ0) is 15.4. The molecule has 0 fully saturated rings. The van der Waals surface area contributed by atoms with E-state index in [1.807, 2.05) is 6.07 Å². The molecule has 0 aliphatic heterocycles. The molecule has 0 radical (unpaired) electrons.